The molecule has 0 bridgehead atoms. The van der Waals surface area contributed by atoms with Crippen molar-refractivity contribution in [3.63, 3.8) is 0 Å². The molecule has 0 aliphatic carbocycles. The van der Waals surface area contributed by atoms with Crippen molar-refractivity contribution in [2.24, 2.45) is 5.16 Å². The van der Waals surface area contributed by atoms with Crippen LogP contribution in [0.2, 0.25) is 0 Å². The van der Waals surface area contributed by atoms with Crippen LogP contribution in [0.25, 0.3) is 0 Å². The van der Waals surface area contributed by atoms with E-state index in [1.165, 1.54) is 0 Å². The molecule has 0 amide bonds. The van der Waals surface area contributed by atoms with Crippen LogP contribution in [0.4, 0.5) is 0 Å². The van der Waals surface area contributed by atoms with Crippen molar-refractivity contribution < 1.29 is 4.84 Å². The lowest BCUT2D eigenvalue weighted by Crippen LogP contribution is -2.03. The number of hydrogen-bond donors (Lipinski definition) is 0. The summed E-state index contributed by atoms with van der Waals surface area (Å²) >= 11 is 5.73. The lowest BCUT2D eigenvalue weighted by molar-refractivity contribution is 0.159. The summed E-state index contributed by atoms with van der Waals surface area (Å²) in [6.45, 7) is 2.45. The highest BCUT2D eigenvalue weighted by Gasteiger charge is 2.00. The zero-order valence-electron chi connectivity index (χ0n) is 7.53. The van der Waals surface area contributed by atoms with Gasteiger partial charge in [0.15, 0.2) is 0 Å². The predicted molar refractivity (Wildman–Crippen MR) is 55.3 cm³/mol. The Balaban J connectivity index is 2.78. The fraction of sp³-hybridized carbons (Fsp3) is 0.300. The number of benzene rings is 1. The van der Waals surface area contributed by atoms with Crippen LogP contribution in [0.3, 0.4) is 0 Å². The zero-order chi connectivity index (χ0) is 9.52. The van der Waals surface area contributed by atoms with Crippen molar-refractivity contribution in [2.45, 2.75) is 6.92 Å². The maximum atomic E-state index is 5.73. The summed E-state index contributed by atoms with van der Waals surface area (Å²) in [6, 6.07) is 9.77. The molecule has 2 nitrogen and oxygen atoms in total. The standard InChI is InChI=1S/C10H12ClNO/c1-2-13-12-10(8-11)9-6-4-3-5-7-9/h3-7H,2,8H2,1H3/b12-10+. The van der Waals surface area contributed by atoms with Crippen LogP contribution < -0.4 is 0 Å². The average molecular weight is 198 g/mol. The van der Waals surface area contributed by atoms with Crippen LogP contribution in [0.15, 0.2) is 35.5 Å². The van der Waals surface area contributed by atoms with Crippen molar-refractivity contribution >= 4 is 17.3 Å². The van der Waals surface area contributed by atoms with E-state index in [0.717, 1.165) is 11.3 Å². The van der Waals surface area contributed by atoms with Crippen molar-refractivity contribution in [2.75, 3.05) is 12.5 Å². The fourth-order valence-electron chi connectivity index (χ4n) is 0.927. The van der Waals surface area contributed by atoms with Crippen LogP contribution in [0.1, 0.15) is 12.5 Å². The maximum Gasteiger partial charge on any atom is 0.114 e. The molecule has 0 saturated heterocycles. The predicted octanol–water partition coefficient (Wildman–Crippen LogP) is 2.67. The molecule has 0 aliphatic heterocycles. The Labute approximate surface area is 83.2 Å². The van der Waals surface area contributed by atoms with Gasteiger partial charge in [0.1, 0.15) is 12.3 Å². The second-order valence-corrected chi connectivity index (χ2v) is 2.72. The van der Waals surface area contributed by atoms with Gasteiger partial charge in [0, 0.05) is 5.56 Å². The molecule has 0 fully saturated rings. The van der Waals surface area contributed by atoms with Crippen molar-refractivity contribution in [3.05, 3.63) is 35.9 Å². The summed E-state index contributed by atoms with van der Waals surface area (Å²) in [7, 11) is 0. The maximum absolute atomic E-state index is 5.73. The van der Waals surface area contributed by atoms with Gasteiger partial charge in [0.2, 0.25) is 0 Å². The summed E-state index contributed by atoms with van der Waals surface area (Å²) in [4.78, 5) is 4.94. The van der Waals surface area contributed by atoms with E-state index in [0.29, 0.717) is 12.5 Å². The van der Waals surface area contributed by atoms with Gasteiger partial charge < -0.3 is 4.84 Å². The first-order valence-electron chi connectivity index (χ1n) is 4.18. The van der Waals surface area contributed by atoms with E-state index in [9.17, 15) is 0 Å². The van der Waals surface area contributed by atoms with Gasteiger partial charge in [-0.05, 0) is 6.92 Å². The van der Waals surface area contributed by atoms with E-state index in [2.05, 4.69) is 5.16 Å². The van der Waals surface area contributed by atoms with E-state index in [-0.39, 0.29) is 0 Å². The first-order valence-corrected chi connectivity index (χ1v) is 4.72. The molecule has 0 aromatic heterocycles. The molecule has 0 spiro atoms. The molecule has 0 radical (unpaired) electrons. The van der Waals surface area contributed by atoms with Crippen molar-refractivity contribution in [1.82, 2.24) is 0 Å². The summed E-state index contributed by atoms with van der Waals surface area (Å²) in [5.41, 5.74) is 1.77. The first kappa shape index (κ1) is 10.1. The Kier molecular flexibility index (Phi) is 4.33. The molecule has 3 heteroatoms. The van der Waals surface area contributed by atoms with Gasteiger partial charge in [-0.1, -0.05) is 35.5 Å². The zero-order valence-corrected chi connectivity index (χ0v) is 8.29. The third-order valence-electron chi connectivity index (χ3n) is 1.54. The number of alkyl halides is 1. The van der Waals surface area contributed by atoms with E-state index < -0.39 is 0 Å². The minimum atomic E-state index is 0.365. The number of nitrogens with zero attached hydrogens (tertiary/aromatic N) is 1. The molecular weight excluding hydrogens is 186 g/mol. The second-order valence-electron chi connectivity index (χ2n) is 2.46. The number of halogens is 1. The average Bonchev–Trinajstić information content (AvgIpc) is 2.21. The minimum absolute atomic E-state index is 0.365. The van der Waals surface area contributed by atoms with Crippen LogP contribution in [0.5, 0.6) is 0 Å². The van der Waals surface area contributed by atoms with Gasteiger partial charge >= 0.3 is 0 Å². The second kappa shape index (κ2) is 5.60. The number of rotatable bonds is 4. The van der Waals surface area contributed by atoms with Crippen LogP contribution in [-0.4, -0.2) is 18.2 Å². The molecule has 70 valence electrons. The molecule has 13 heavy (non-hydrogen) atoms. The highest BCUT2D eigenvalue weighted by atomic mass is 35.5. The van der Waals surface area contributed by atoms with Crippen LogP contribution >= 0.6 is 11.6 Å². The van der Waals surface area contributed by atoms with E-state index in [1.807, 2.05) is 37.3 Å². The summed E-state index contributed by atoms with van der Waals surface area (Å²) in [6.07, 6.45) is 0. The quantitative estimate of drug-likeness (QED) is 0.413. The number of oxime groups is 1. The van der Waals surface area contributed by atoms with Gasteiger partial charge in [-0.15, -0.1) is 11.6 Å². The molecule has 0 atom stereocenters. The monoisotopic (exact) mass is 197 g/mol. The Morgan fingerprint density at radius 3 is 2.62 bits per heavy atom. The lowest BCUT2D eigenvalue weighted by atomic mass is 10.1. The molecule has 1 rings (SSSR count). The molecule has 0 saturated carbocycles. The smallest absolute Gasteiger partial charge is 0.114 e. The summed E-state index contributed by atoms with van der Waals surface area (Å²) < 4.78 is 0. The van der Waals surface area contributed by atoms with E-state index in [1.54, 1.807) is 0 Å². The molecule has 1 aromatic carbocycles. The van der Waals surface area contributed by atoms with Crippen LogP contribution in [-0.2, 0) is 4.84 Å². The third-order valence-corrected chi connectivity index (χ3v) is 1.79. The lowest BCUT2D eigenvalue weighted by Gasteiger charge is -2.01. The normalized spacial score (nSPS) is 11.4. The summed E-state index contributed by atoms with van der Waals surface area (Å²) in [5.74, 6) is 0.365. The van der Waals surface area contributed by atoms with Gasteiger partial charge in [-0.2, -0.15) is 0 Å². The molecule has 0 heterocycles. The first-order chi connectivity index (χ1) is 6.38. The topological polar surface area (TPSA) is 21.6 Å². The van der Waals surface area contributed by atoms with Gasteiger partial charge in [0.05, 0.1) is 5.88 Å². The SMILES string of the molecule is CCO/N=C(\CCl)c1ccccc1. The Morgan fingerprint density at radius 1 is 1.38 bits per heavy atom. The summed E-state index contributed by atoms with van der Waals surface area (Å²) in [5, 5.41) is 3.92. The van der Waals surface area contributed by atoms with Gasteiger partial charge in [-0.25, -0.2) is 0 Å². The van der Waals surface area contributed by atoms with Gasteiger partial charge in [-0.3, -0.25) is 0 Å². The Hall–Kier alpha value is -1.02. The number of hydrogen-bond acceptors (Lipinski definition) is 2. The van der Waals surface area contributed by atoms with Crippen molar-refractivity contribution in [1.29, 1.82) is 0 Å². The highest BCUT2D eigenvalue weighted by molar-refractivity contribution is 6.31. The largest absolute Gasteiger partial charge is 0.396 e. The Bertz CT molecular complexity index is 272. The van der Waals surface area contributed by atoms with Crippen LogP contribution in [0, 0.1) is 0 Å². The molecule has 0 aliphatic rings. The fourth-order valence-corrected chi connectivity index (χ4v) is 1.13. The molecule has 0 unspecified atom stereocenters. The Morgan fingerprint density at radius 2 is 2.08 bits per heavy atom. The van der Waals surface area contributed by atoms with E-state index in [4.69, 9.17) is 16.4 Å². The highest BCUT2D eigenvalue weighted by Crippen LogP contribution is 2.03. The molecule has 1 aromatic rings. The molecule has 0 N–H and O–H groups in total. The third kappa shape index (κ3) is 3.07. The molecular formula is C10H12ClNO. The van der Waals surface area contributed by atoms with Gasteiger partial charge in [0.25, 0.3) is 0 Å². The minimum Gasteiger partial charge on any atom is -0.396 e. The van der Waals surface area contributed by atoms with E-state index >= 15 is 0 Å². The van der Waals surface area contributed by atoms with Crippen molar-refractivity contribution in [3.8, 4) is 0 Å².